The summed E-state index contributed by atoms with van der Waals surface area (Å²) in [7, 11) is 4.08. The predicted molar refractivity (Wildman–Crippen MR) is 74.7 cm³/mol. The lowest BCUT2D eigenvalue weighted by Crippen LogP contribution is -2.42. The molecule has 0 unspecified atom stereocenters. The molecule has 2 heterocycles. The smallest absolute Gasteiger partial charge is 0.202 e. The zero-order valence-electron chi connectivity index (χ0n) is 11.1. The average molecular weight is 268 g/mol. The maximum absolute atomic E-state index is 5.96. The number of hydrogen-bond acceptors (Lipinski definition) is 4. The van der Waals surface area contributed by atoms with E-state index in [1.54, 1.807) is 12.3 Å². The van der Waals surface area contributed by atoms with Crippen molar-refractivity contribution in [3.05, 3.63) is 17.3 Å². The van der Waals surface area contributed by atoms with Gasteiger partial charge in [-0.15, -0.1) is 0 Å². The summed E-state index contributed by atoms with van der Waals surface area (Å²) in [6.45, 7) is 5.01. The van der Waals surface area contributed by atoms with Crippen LogP contribution < -0.4 is 5.73 Å². The summed E-state index contributed by atoms with van der Waals surface area (Å²) in [5, 5.41) is 0.569. The number of anilines is 1. The fourth-order valence-corrected chi connectivity index (χ4v) is 1.84. The van der Waals surface area contributed by atoms with Gasteiger partial charge in [-0.2, -0.15) is 0 Å². The molecule has 0 fully saturated rings. The Balaban J connectivity index is 2.48. The van der Waals surface area contributed by atoms with Crippen LogP contribution in [0.15, 0.2) is 12.3 Å². The van der Waals surface area contributed by atoms with E-state index in [1.807, 2.05) is 18.7 Å². The molecule has 18 heavy (non-hydrogen) atoms. The molecule has 2 aromatic rings. The third-order valence-electron chi connectivity index (χ3n) is 3.34. The number of nitrogen functional groups attached to an aromatic ring is 1. The number of likely N-dealkylation sites (N-methyl/N-ethyl adjacent to an activating group) is 1. The van der Waals surface area contributed by atoms with Crippen molar-refractivity contribution in [2.45, 2.75) is 25.9 Å². The van der Waals surface area contributed by atoms with Crippen molar-refractivity contribution >= 4 is 28.7 Å². The molecule has 98 valence electrons. The third kappa shape index (κ3) is 2.28. The van der Waals surface area contributed by atoms with E-state index < -0.39 is 0 Å². The molecule has 0 radical (unpaired) electrons. The minimum atomic E-state index is -0.0386. The van der Waals surface area contributed by atoms with Gasteiger partial charge < -0.3 is 10.6 Å². The van der Waals surface area contributed by atoms with E-state index in [1.165, 1.54) is 0 Å². The maximum Gasteiger partial charge on any atom is 0.202 e. The Kier molecular flexibility index (Phi) is 3.21. The highest BCUT2D eigenvalue weighted by atomic mass is 35.5. The number of nitrogens with zero attached hydrogens (tertiary/aromatic N) is 4. The average Bonchev–Trinajstić information content (AvgIpc) is 2.54. The van der Waals surface area contributed by atoms with Gasteiger partial charge in [0.2, 0.25) is 5.95 Å². The highest BCUT2D eigenvalue weighted by Gasteiger charge is 2.23. The van der Waals surface area contributed by atoms with Crippen LogP contribution in [-0.4, -0.2) is 39.1 Å². The molecule has 0 saturated carbocycles. The lowest BCUT2D eigenvalue weighted by atomic mass is 10.0. The first-order chi connectivity index (χ1) is 8.31. The molecule has 0 aromatic carbocycles. The molecule has 0 spiro atoms. The zero-order valence-corrected chi connectivity index (χ0v) is 11.9. The Bertz CT molecular complexity index is 573. The van der Waals surface area contributed by atoms with Gasteiger partial charge in [-0.3, -0.25) is 4.57 Å². The summed E-state index contributed by atoms with van der Waals surface area (Å²) < 4.78 is 1.92. The first-order valence-electron chi connectivity index (χ1n) is 5.76. The molecule has 0 aliphatic heterocycles. The molecular formula is C12H18ClN5. The largest absolute Gasteiger partial charge is 0.369 e. The number of pyridine rings is 1. The lowest BCUT2D eigenvalue weighted by molar-refractivity contribution is 0.172. The summed E-state index contributed by atoms with van der Waals surface area (Å²) in [4.78, 5) is 10.8. The van der Waals surface area contributed by atoms with Crippen molar-refractivity contribution in [3.8, 4) is 0 Å². The van der Waals surface area contributed by atoms with Gasteiger partial charge in [-0.05, 0) is 34.0 Å². The highest BCUT2D eigenvalue weighted by Crippen LogP contribution is 2.23. The van der Waals surface area contributed by atoms with Crippen molar-refractivity contribution in [3.63, 3.8) is 0 Å². The molecule has 0 amide bonds. The summed E-state index contributed by atoms with van der Waals surface area (Å²) >= 11 is 5.90. The van der Waals surface area contributed by atoms with E-state index in [2.05, 4.69) is 28.7 Å². The molecule has 6 heteroatoms. The quantitative estimate of drug-likeness (QED) is 0.924. The van der Waals surface area contributed by atoms with Crippen LogP contribution in [0.5, 0.6) is 0 Å². The number of nitrogens with two attached hydrogens (primary N) is 1. The van der Waals surface area contributed by atoms with Gasteiger partial charge in [0.05, 0.1) is 5.02 Å². The van der Waals surface area contributed by atoms with Crippen LogP contribution in [0, 0.1) is 0 Å². The van der Waals surface area contributed by atoms with Gasteiger partial charge in [-0.25, -0.2) is 9.97 Å². The molecule has 2 rings (SSSR count). The number of rotatable bonds is 3. The Labute approximate surface area is 112 Å². The molecule has 5 nitrogen and oxygen atoms in total. The van der Waals surface area contributed by atoms with E-state index in [0.29, 0.717) is 11.0 Å². The number of aromatic nitrogens is 3. The fraction of sp³-hybridized carbons (Fsp3) is 0.500. The summed E-state index contributed by atoms with van der Waals surface area (Å²) in [6.07, 6.45) is 1.62. The lowest BCUT2D eigenvalue weighted by Gasteiger charge is -2.33. The van der Waals surface area contributed by atoms with Crippen LogP contribution >= 0.6 is 11.6 Å². The number of hydrogen-bond donors (Lipinski definition) is 1. The molecule has 0 atom stereocenters. The summed E-state index contributed by atoms with van der Waals surface area (Å²) in [5.41, 5.74) is 7.42. The minimum absolute atomic E-state index is 0.0386. The standard InChI is InChI=1S/C12H18ClN5/c1-12(2,17(3)4)7-18-10-9(16-11(18)14)5-8(13)6-15-10/h5-6H,7H2,1-4H3,(H2,14,16). The van der Waals surface area contributed by atoms with Crippen LogP contribution in [0.1, 0.15) is 13.8 Å². The van der Waals surface area contributed by atoms with Crippen molar-refractivity contribution in [1.29, 1.82) is 0 Å². The van der Waals surface area contributed by atoms with Crippen LogP contribution in [0.4, 0.5) is 5.95 Å². The summed E-state index contributed by atoms with van der Waals surface area (Å²) in [5.74, 6) is 0.467. The van der Waals surface area contributed by atoms with Gasteiger partial charge in [0.15, 0.2) is 5.65 Å². The molecule has 0 aliphatic carbocycles. The Morgan fingerprint density at radius 3 is 2.72 bits per heavy atom. The zero-order chi connectivity index (χ0) is 13.5. The Morgan fingerprint density at radius 1 is 1.44 bits per heavy atom. The second-order valence-electron chi connectivity index (χ2n) is 5.26. The molecule has 2 N–H and O–H groups in total. The second-order valence-corrected chi connectivity index (χ2v) is 5.70. The van der Waals surface area contributed by atoms with Crippen LogP contribution in [0.3, 0.4) is 0 Å². The SMILES string of the molecule is CN(C)C(C)(C)Cn1c(N)nc2cc(Cl)cnc21. The van der Waals surface area contributed by atoms with Gasteiger partial charge in [-0.1, -0.05) is 11.6 Å². The van der Waals surface area contributed by atoms with Crippen molar-refractivity contribution < 1.29 is 0 Å². The molecule has 2 aromatic heterocycles. The normalized spacial score (nSPS) is 12.6. The number of fused-ring (bicyclic) bond motifs is 1. The Morgan fingerprint density at radius 2 is 2.11 bits per heavy atom. The van der Waals surface area contributed by atoms with Crippen molar-refractivity contribution in [1.82, 2.24) is 19.4 Å². The summed E-state index contributed by atoms with van der Waals surface area (Å²) in [6, 6.07) is 1.78. The first-order valence-corrected chi connectivity index (χ1v) is 6.14. The van der Waals surface area contributed by atoms with Gasteiger partial charge in [0.1, 0.15) is 5.52 Å². The highest BCUT2D eigenvalue weighted by molar-refractivity contribution is 6.31. The molecule has 0 bridgehead atoms. The van der Waals surface area contributed by atoms with Gasteiger partial charge in [0, 0.05) is 18.3 Å². The van der Waals surface area contributed by atoms with Crippen molar-refractivity contribution in [2.24, 2.45) is 0 Å². The fourth-order valence-electron chi connectivity index (χ4n) is 1.69. The van der Waals surface area contributed by atoms with Gasteiger partial charge >= 0.3 is 0 Å². The number of halogens is 1. The first kappa shape index (κ1) is 13.1. The minimum Gasteiger partial charge on any atom is -0.369 e. The monoisotopic (exact) mass is 267 g/mol. The van der Waals surface area contributed by atoms with E-state index in [0.717, 1.165) is 17.7 Å². The second kappa shape index (κ2) is 4.40. The maximum atomic E-state index is 5.96. The Hall–Kier alpha value is -1.33. The van der Waals surface area contributed by atoms with Crippen molar-refractivity contribution in [2.75, 3.05) is 19.8 Å². The van der Waals surface area contributed by atoms with E-state index in [9.17, 15) is 0 Å². The van der Waals surface area contributed by atoms with E-state index >= 15 is 0 Å². The predicted octanol–water partition coefficient (Wildman–Crippen LogP) is 2.01. The number of imidazole rings is 1. The molecule has 0 aliphatic rings. The van der Waals surface area contributed by atoms with Crippen LogP contribution in [-0.2, 0) is 6.54 Å². The van der Waals surface area contributed by atoms with Gasteiger partial charge in [0.25, 0.3) is 0 Å². The third-order valence-corrected chi connectivity index (χ3v) is 3.54. The van der Waals surface area contributed by atoms with E-state index in [4.69, 9.17) is 17.3 Å². The topological polar surface area (TPSA) is 60.0 Å². The van der Waals surface area contributed by atoms with Crippen LogP contribution in [0.25, 0.3) is 11.2 Å². The van der Waals surface area contributed by atoms with Crippen LogP contribution in [0.2, 0.25) is 5.02 Å². The van der Waals surface area contributed by atoms with E-state index in [-0.39, 0.29) is 5.54 Å². The molecular weight excluding hydrogens is 250 g/mol. The molecule has 0 saturated heterocycles.